The summed E-state index contributed by atoms with van der Waals surface area (Å²) in [6.45, 7) is 2.44. The van der Waals surface area contributed by atoms with E-state index in [1.807, 2.05) is 0 Å². The number of nitrogens with zero attached hydrogens (tertiary/aromatic N) is 1. The second-order valence-electron chi connectivity index (χ2n) is 3.31. The molecule has 1 aliphatic rings. The lowest BCUT2D eigenvalue weighted by molar-refractivity contribution is -0.124. The summed E-state index contributed by atoms with van der Waals surface area (Å²) in [5.41, 5.74) is 0. The number of aryl methyl sites for hydroxylation is 1. The summed E-state index contributed by atoms with van der Waals surface area (Å²) in [7, 11) is 0. The van der Waals surface area contributed by atoms with E-state index >= 15 is 0 Å². The molecule has 0 aromatic carbocycles. The first-order valence-corrected chi connectivity index (χ1v) is 4.61. The molecule has 2 heterocycles. The molecular formula is C9H12N2O3. The quantitative estimate of drug-likeness (QED) is 0.769. The third-order valence-electron chi connectivity index (χ3n) is 2.10. The van der Waals surface area contributed by atoms with Gasteiger partial charge in [-0.2, -0.15) is 0 Å². The van der Waals surface area contributed by atoms with Crippen molar-refractivity contribution < 1.29 is 14.1 Å². The van der Waals surface area contributed by atoms with Gasteiger partial charge in [-0.3, -0.25) is 4.79 Å². The average Bonchev–Trinajstić information content (AvgIpc) is 2.75. The monoisotopic (exact) mass is 196 g/mol. The molecule has 1 atom stereocenters. The summed E-state index contributed by atoms with van der Waals surface area (Å²) in [5.74, 6) is 0.978. The Hall–Kier alpha value is -1.36. The molecule has 2 rings (SSSR count). The van der Waals surface area contributed by atoms with Gasteiger partial charge in [-0.15, -0.1) is 0 Å². The van der Waals surface area contributed by atoms with E-state index < -0.39 is 0 Å². The van der Waals surface area contributed by atoms with Crippen LogP contribution in [-0.2, 0) is 9.53 Å². The van der Waals surface area contributed by atoms with Gasteiger partial charge in [0.2, 0.25) is 0 Å². The van der Waals surface area contributed by atoms with Crippen molar-refractivity contribution in [2.75, 3.05) is 11.9 Å². The molecule has 1 aromatic heterocycles. The zero-order chi connectivity index (χ0) is 9.97. The van der Waals surface area contributed by atoms with Gasteiger partial charge in [-0.1, -0.05) is 5.16 Å². The number of amides is 1. The predicted octanol–water partition coefficient (Wildman–Crippen LogP) is 1.10. The van der Waals surface area contributed by atoms with Gasteiger partial charge in [0.05, 0.1) is 0 Å². The minimum absolute atomic E-state index is 0.143. The molecule has 14 heavy (non-hydrogen) atoms. The molecule has 0 saturated carbocycles. The van der Waals surface area contributed by atoms with Gasteiger partial charge in [-0.25, -0.2) is 0 Å². The van der Waals surface area contributed by atoms with Gasteiger partial charge in [0.15, 0.2) is 5.82 Å². The fraction of sp³-hybridized carbons (Fsp3) is 0.556. The maximum atomic E-state index is 11.5. The summed E-state index contributed by atoms with van der Waals surface area (Å²) in [6.07, 6.45) is 1.39. The van der Waals surface area contributed by atoms with Gasteiger partial charge in [0, 0.05) is 12.7 Å². The molecule has 1 fully saturated rings. The van der Waals surface area contributed by atoms with Crippen LogP contribution in [0.1, 0.15) is 18.6 Å². The van der Waals surface area contributed by atoms with Crippen LogP contribution in [0.2, 0.25) is 0 Å². The van der Waals surface area contributed by atoms with Gasteiger partial charge in [0.1, 0.15) is 11.9 Å². The minimum Gasteiger partial charge on any atom is -0.368 e. The smallest absolute Gasteiger partial charge is 0.254 e. The number of hydrogen-bond donors (Lipinski definition) is 1. The number of carbonyl (C=O) groups excluding carboxylic acids is 1. The van der Waals surface area contributed by atoms with Crippen LogP contribution in [-0.4, -0.2) is 23.8 Å². The van der Waals surface area contributed by atoms with E-state index in [0.29, 0.717) is 18.2 Å². The van der Waals surface area contributed by atoms with Crippen molar-refractivity contribution in [1.82, 2.24) is 5.16 Å². The number of nitrogens with one attached hydrogen (secondary N) is 1. The normalized spacial score (nSPS) is 21.1. The Morgan fingerprint density at radius 2 is 2.57 bits per heavy atom. The number of hydrogen-bond acceptors (Lipinski definition) is 4. The molecule has 0 bridgehead atoms. The molecule has 5 heteroatoms. The summed E-state index contributed by atoms with van der Waals surface area (Å²) >= 11 is 0. The Kier molecular flexibility index (Phi) is 2.49. The van der Waals surface area contributed by atoms with E-state index in [9.17, 15) is 4.79 Å². The van der Waals surface area contributed by atoms with Crippen LogP contribution in [0.25, 0.3) is 0 Å². The van der Waals surface area contributed by atoms with Crippen molar-refractivity contribution in [1.29, 1.82) is 0 Å². The van der Waals surface area contributed by atoms with Crippen LogP contribution in [0.4, 0.5) is 5.82 Å². The maximum Gasteiger partial charge on any atom is 0.254 e. The van der Waals surface area contributed by atoms with Crippen LogP contribution in [0, 0.1) is 6.92 Å². The maximum absolute atomic E-state index is 11.5. The largest absolute Gasteiger partial charge is 0.368 e. The second kappa shape index (κ2) is 3.79. The van der Waals surface area contributed by atoms with Crippen LogP contribution in [0.3, 0.4) is 0 Å². The number of rotatable bonds is 2. The van der Waals surface area contributed by atoms with Crippen LogP contribution < -0.4 is 5.32 Å². The molecule has 76 valence electrons. The van der Waals surface area contributed by atoms with Crippen molar-refractivity contribution >= 4 is 11.7 Å². The van der Waals surface area contributed by atoms with E-state index in [1.165, 1.54) is 0 Å². The van der Waals surface area contributed by atoms with Crippen molar-refractivity contribution in [2.24, 2.45) is 0 Å². The van der Waals surface area contributed by atoms with Gasteiger partial charge >= 0.3 is 0 Å². The lowest BCUT2D eigenvalue weighted by Gasteiger charge is -2.07. The third kappa shape index (κ3) is 1.93. The highest BCUT2D eigenvalue weighted by molar-refractivity contribution is 5.93. The first-order valence-electron chi connectivity index (χ1n) is 4.61. The van der Waals surface area contributed by atoms with Crippen LogP contribution >= 0.6 is 0 Å². The number of aromatic nitrogens is 1. The Labute approximate surface area is 81.4 Å². The molecule has 0 unspecified atom stereocenters. The summed E-state index contributed by atoms with van der Waals surface area (Å²) in [6, 6.07) is 1.67. The Morgan fingerprint density at radius 1 is 1.71 bits per heavy atom. The zero-order valence-electron chi connectivity index (χ0n) is 7.95. The zero-order valence-corrected chi connectivity index (χ0v) is 7.95. The van der Waals surface area contributed by atoms with E-state index in [1.54, 1.807) is 13.0 Å². The lowest BCUT2D eigenvalue weighted by atomic mass is 10.2. The highest BCUT2D eigenvalue weighted by Crippen LogP contribution is 2.14. The summed E-state index contributed by atoms with van der Waals surface area (Å²) in [4.78, 5) is 11.5. The van der Waals surface area contributed by atoms with Crippen LogP contribution in [0.15, 0.2) is 10.6 Å². The van der Waals surface area contributed by atoms with Gasteiger partial charge in [-0.05, 0) is 19.8 Å². The van der Waals surface area contributed by atoms with Crippen molar-refractivity contribution in [3.63, 3.8) is 0 Å². The highest BCUT2D eigenvalue weighted by Gasteiger charge is 2.24. The Bertz CT molecular complexity index is 329. The molecule has 0 radical (unpaired) electrons. The summed E-state index contributed by atoms with van der Waals surface area (Å²) < 4.78 is 10.0. The predicted molar refractivity (Wildman–Crippen MR) is 48.8 cm³/mol. The van der Waals surface area contributed by atoms with E-state index in [-0.39, 0.29) is 12.0 Å². The van der Waals surface area contributed by atoms with E-state index in [4.69, 9.17) is 9.26 Å². The molecule has 0 spiro atoms. The third-order valence-corrected chi connectivity index (χ3v) is 2.10. The lowest BCUT2D eigenvalue weighted by Crippen LogP contribution is -2.26. The number of ether oxygens (including phenoxy) is 1. The van der Waals surface area contributed by atoms with Crippen LogP contribution in [0.5, 0.6) is 0 Å². The Morgan fingerprint density at radius 3 is 3.14 bits per heavy atom. The second-order valence-corrected chi connectivity index (χ2v) is 3.31. The van der Waals surface area contributed by atoms with Crippen molar-refractivity contribution in [2.45, 2.75) is 25.9 Å². The molecule has 1 aliphatic heterocycles. The van der Waals surface area contributed by atoms with E-state index in [0.717, 1.165) is 12.8 Å². The molecule has 1 saturated heterocycles. The fourth-order valence-electron chi connectivity index (χ4n) is 1.42. The SMILES string of the molecule is Cc1cc(NC(=O)[C@H]2CCCO2)no1. The van der Waals surface area contributed by atoms with Crippen molar-refractivity contribution in [3.8, 4) is 0 Å². The standard InChI is InChI=1S/C9H12N2O3/c1-6-5-8(11-14-6)10-9(12)7-3-2-4-13-7/h5,7H,2-4H2,1H3,(H,10,11,12)/t7-/m1/s1. The molecule has 5 nitrogen and oxygen atoms in total. The first kappa shape index (κ1) is 9.21. The molecule has 1 aromatic rings. The average molecular weight is 196 g/mol. The molecular weight excluding hydrogens is 184 g/mol. The fourth-order valence-corrected chi connectivity index (χ4v) is 1.42. The topological polar surface area (TPSA) is 64.4 Å². The Balaban J connectivity index is 1.93. The molecule has 1 N–H and O–H groups in total. The van der Waals surface area contributed by atoms with Gasteiger partial charge in [0.25, 0.3) is 5.91 Å². The van der Waals surface area contributed by atoms with E-state index in [2.05, 4.69) is 10.5 Å². The molecule has 1 amide bonds. The minimum atomic E-state index is -0.327. The molecule has 0 aliphatic carbocycles. The van der Waals surface area contributed by atoms with Crippen molar-refractivity contribution in [3.05, 3.63) is 11.8 Å². The number of anilines is 1. The first-order chi connectivity index (χ1) is 6.75. The number of carbonyl (C=O) groups is 1. The highest BCUT2D eigenvalue weighted by atomic mass is 16.5. The summed E-state index contributed by atoms with van der Waals surface area (Å²) in [5, 5.41) is 6.30. The van der Waals surface area contributed by atoms with Gasteiger partial charge < -0.3 is 14.6 Å².